The zero-order valence-corrected chi connectivity index (χ0v) is 8.92. The van der Waals surface area contributed by atoms with E-state index in [2.05, 4.69) is 0 Å². The van der Waals surface area contributed by atoms with E-state index in [9.17, 15) is 4.39 Å². The van der Waals surface area contributed by atoms with Gasteiger partial charge in [0.25, 0.3) is 0 Å². The summed E-state index contributed by atoms with van der Waals surface area (Å²) in [6, 6.07) is 3.31. The molecule has 15 heavy (non-hydrogen) atoms. The number of nitrogens with two attached hydrogens (primary N) is 1. The molecule has 2 rings (SSSR count). The Bertz CT molecular complexity index is 359. The van der Waals surface area contributed by atoms with Crippen molar-refractivity contribution in [2.45, 2.75) is 25.7 Å². The van der Waals surface area contributed by atoms with E-state index in [4.69, 9.17) is 10.5 Å². The maximum Gasteiger partial charge on any atom is 0.128 e. The Morgan fingerprint density at radius 2 is 2.00 bits per heavy atom. The van der Waals surface area contributed by atoms with E-state index in [1.54, 1.807) is 0 Å². The molecule has 1 heterocycles. The van der Waals surface area contributed by atoms with Gasteiger partial charge in [-0.15, -0.1) is 0 Å². The number of nitrogen functional groups attached to an aromatic ring is 1. The summed E-state index contributed by atoms with van der Waals surface area (Å²) in [5.41, 5.74) is 7.94. The molecule has 0 spiro atoms. The molecule has 1 aliphatic heterocycles. The van der Waals surface area contributed by atoms with E-state index >= 15 is 0 Å². The van der Waals surface area contributed by atoms with Gasteiger partial charge in [-0.05, 0) is 42.9 Å². The highest BCUT2D eigenvalue weighted by Crippen LogP contribution is 2.31. The molecule has 0 aromatic heterocycles. The average molecular weight is 209 g/mol. The minimum absolute atomic E-state index is 0.176. The summed E-state index contributed by atoms with van der Waals surface area (Å²) < 4.78 is 19.0. The fraction of sp³-hybridized carbons (Fsp3) is 0.500. The summed E-state index contributed by atoms with van der Waals surface area (Å²) in [5.74, 6) is 0.114. The van der Waals surface area contributed by atoms with Gasteiger partial charge in [0.15, 0.2) is 0 Å². The van der Waals surface area contributed by atoms with Crippen molar-refractivity contribution < 1.29 is 9.13 Å². The molecule has 1 aliphatic rings. The lowest BCUT2D eigenvalue weighted by atomic mass is 9.90. The average Bonchev–Trinajstić information content (AvgIpc) is 2.25. The van der Waals surface area contributed by atoms with Crippen LogP contribution in [0.3, 0.4) is 0 Å². The van der Waals surface area contributed by atoms with Crippen molar-refractivity contribution >= 4 is 5.69 Å². The Kier molecular flexibility index (Phi) is 2.91. The number of anilines is 1. The standard InChI is InChI=1S/C12H16FNO/c1-8-6-10(11(13)7-12(8)14)9-2-4-15-5-3-9/h6-7,9H,2-5,14H2,1H3. The number of halogens is 1. The molecule has 1 aromatic carbocycles. The number of benzene rings is 1. The van der Waals surface area contributed by atoms with Gasteiger partial charge < -0.3 is 10.5 Å². The molecule has 2 N–H and O–H groups in total. The van der Waals surface area contributed by atoms with E-state index in [1.807, 2.05) is 13.0 Å². The lowest BCUT2D eigenvalue weighted by molar-refractivity contribution is 0.0846. The molecule has 0 amide bonds. The van der Waals surface area contributed by atoms with E-state index in [-0.39, 0.29) is 11.7 Å². The summed E-state index contributed by atoms with van der Waals surface area (Å²) in [6.07, 6.45) is 1.81. The van der Waals surface area contributed by atoms with Crippen molar-refractivity contribution in [2.24, 2.45) is 0 Å². The fourth-order valence-electron chi connectivity index (χ4n) is 2.04. The first-order valence-corrected chi connectivity index (χ1v) is 5.31. The lowest BCUT2D eigenvalue weighted by Crippen LogP contribution is -2.15. The van der Waals surface area contributed by atoms with Gasteiger partial charge in [-0.1, -0.05) is 6.07 Å². The third-order valence-electron chi connectivity index (χ3n) is 3.05. The summed E-state index contributed by atoms with van der Waals surface area (Å²) in [7, 11) is 0. The van der Waals surface area contributed by atoms with E-state index in [0.717, 1.165) is 37.2 Å². The molecule has 3 heteroatoms. The lowest BCUT2D eigenvalue weighted by Gasteiger charge is -2.23. The second kappa shape index (κ2) is 4.19. The SMILES string of the molecule is Cc1cc(C2CCOCC2)c(F)cc1N. The number of hydrogen-bond donors (Lipinski definition) is 1. The first kappa shape index (κ1) is 10.4. The van der Waals surface area contributed by atoms with Gasteiger partial charge >= 0.3 is 0 Å². The first-order chi connectivity index (χ1) is 7.18. The molecule has 0 radical (unpaired) electrons. The second-order valence-corrected chi connectivity index (χ2v) is 4.12. The zero-order valence-electron chi connectivity index (χ0n) is 8.92. The Morgan fingerprint density at radius 1 is 1.33 bits per heavy atom. The van der Waals surface area contributed by atoms with Crippen LogP contribution in [-0.2, 0) is 4.74 Å². The predicted molar refractivity (Wildman–Crippen MR) is 58.3 cm³/mol. The van der Waals surface area contributed by atoms with Crippen LogP contribution in [0.1, 0.15) is 29.9 Å². The van der Waals surface area contributed by atoms with E-state index in [1.165, 1.54) is 6.07 Å². The maximum atomic E-state index is 13.7. The highest BCUT2D eigenvalue weighted by molar-refractivity contribution is 5.49. The molecular weight excluding hydrogens is 193 g/mol. The molecule has 0 saturated carbocycles. The maximum absolute atomic E-state index is 13.7. The quantitative estimate of drug-likeness (QED) is 0.721. The Labute approximate surface area is 89.2 Å². The van der Waals surface area contributed by atoms with Crippen LogP contribution in [0.5, 0.6) is 0 Å². The van der Waals surface area contributed by atoms with Crippen molar-refractivity contribution in [2.75, 3.05) is 18.9 Å². The molecule has 0 bridgehead atoms. The van der Waals surface area contributed by atoms with Crippen molar-refractivity contribution in [3.8, 4) is 0 Å². The van der Waals surface area contributed by atoms with Gasteiger partial charge in [-0.3, -0.25) is 0 Å². The molecule has 1 fully saturated rings. The van der Waals surface area contributed by atoms with Crippen molar-refractivity contribution in [1.29, 1.82) is 0 Å². The van der Waals surface area contributed by atoms with Crippen LogP contribution >= 0.6 is 0 Å². The van der Waals surface area contributed by atoms with Crippen molar-refractivity contribution in [1.82, 2.24) is 0 Å². The summed E-state index contributed by atoms with van der Waals surface area (Å²) in [5, 5.41) is 0. The molecule has 1 aromatic rings. The Morgan fingerprint density at radius 3 is 2.67 bits per heavy atom. The number of hydrogen-bond acceptors (Lipinski definition) is 2. The van der Waals surface area contributed by atoms with Crippen LogP contribution in [0.25, 0.3) is 0 Å². The monoisotopic (exact) mass is 209 g/mol. The highest BCUT2D eigenvalue weighted by atomic mass is 19.1. The van der Waals surface area contributed by atoms with E-state index in [0.29, 0.717) is 5.69 Å². The van der Waals surface area contributed by atoms with Crippen LogP contribution < -0.4 is 5.73 Å². The fourth-order valence-corrected chi connectivity index (χ4v) is 2.04. The van der Waals surface area contributed by atoms with Crippen LogP contribution in [0, 0.1) is 12.7 Å². The van der Waals surface area contributed by atoms with Gasteiger partial charge in [0, 0.05) is 18.9 Å². The molecule has 0 aliphatic carbocycles. The minimum Gasteiger partial charge on any atom is -0.398 e. The van der Waals surface area contributed by atoms with Crippen LogP contribution in [-0.4, -0.2) is 13.2 Å². The minimum atomic E-state index is -0.176. The Hall–Kier alpha value is -1.09. The molecule has 0 atom stereocenters. The van der Waals surface area contributed by atoms with Crippen LogP contribution in [0.2, 0.25) is 0 Å². The van der Waals surface area contributed by atoms with Gasteiger partial charge in [0.2, 0.25) is 0 Å². The molecular formula is C12H16FNO. The third-order valence-corrected chi connectivity index (χ3v) is 3.05. The highest BCUT2D eigenvalue weighted by Gasteiger charge is 2.19. The normalized spacial score (nSPS) is 18.0. The van der Waals surface area contributed by atoms with E-state index < -0.39 is 0 Å². The van der Waals surface area contributed by atoms with Gasteiger partial charge in [0.1, 0.15) is 5.82 Å². The smallest absolute Gasteiger partial charge is 0.128 e. The number of ether oxygens (including phenoxy) is 1. The summed E-state index contributed by atoms with van der Waals surface area (Å²) in [4.78, 5) is 0. The molecule has 2 nitrogen and oxygen atoms in total. The third kappa shape index (κ3) is 2.12. The number of aryl methyl sites for hydroxylation is 1. The largest absolute Gasteiger partial charge is 0.398 e. The van der Waals surface area contributed by atoms with Crippen molar-refractivity contribution in [3.05, 3.63) is 29.1 Å². The summed E-state index contributed by atoms with van der Waals surface area (Å²) in [6.45, 7) is 3.37. The Balaban J connectivity index is 2.30. The predicted octanol–water partition coefficient (Wildman–Crippen LogP) is 2.61. The topological polar surface area (TPSA) is 35.2 Å². The first-order valence-electron chi connectivity index (χ1n) is 5.31. The number of rotatable bonds is 1. The van der Waals surface area contributed by atoms with Crippen LogP contribution in [0.15, 0.2) is 12.1 Å². The van der Waals surface area contributed by atoms with Gasteiger partial charge in [-0.2, -0.15) is 0 Å². The summed E-state index contributed by atoms with van der Waals surface area (Å²) >= 11 is 0. The molecule has 1 saturated heterocycles. The van der Waals surface area contributed by atoms with Crippen molar-refractivity contribution in [3.63, 3.8) is 0 Å². The van der Waals surface area contributed by atoms with Gasteiger partial charge in [0.05, 0.1) is 0 Å². The molecule has 82 valence electrons. The second-order valence-electron chi connectivity index (χ2n) is 4.12. The van der Waals surface area contributed by atoms with Gasteiger partial charge in [-0.25, -0.2) is 4.39 Å². The van der Waals surface area contributed by atoms with Crippen LogP contribution in [0.4, 0.5) is 10.1 Å². The molecule has 0 unspecified atom stereocenters. The zero-order chi connectivity index (χ0) is 10.8.